The summed E-state index contributed by atoms with van der Waals surface area (Å²) in [7, 11) is 0. The van der Waals surface area contributed by atoms with Crippen molar-refractivity contribution < 1.29 is 5.11 Å². The van der Waals surface area contributed by atoms with Gasteiger partial charge in [0.25, 0.3) is 0 Å². The van der Waals surface area contributed by atoms with Gasteiger partial charge in [-0.1, -0.05) is 20.3 Å². The van der Waals surface area contributed by atoms with Gasteiger partial charge in [-0.25, -0.2) is 0 Å². The molecule has 0 heterocycles. The molecule has 3 unspecified atom stereocenters. The Morgan fingerprint density at radius 1 is 1.36 bits per heavy atom. The Kier molecular flexibility index (Phi) is 4.39. The molecular weight excluding hydrogens is 174 g/mol. The Balaban J connectivity index is 2.20. The van der Waals surface area contributed by atoms with E-state index < -0.39 is 5.60 Å². The zero-order valence-corrected chi connectivity index (χ0v) is 9.84. The van der Waals surface area contributed by atoms with Crippen LogP contribution in [0.4, 0.5) is 0 Å². The van der Waals surface area contributed by atoms with Crippen LogP contribution in [0.3, 0.4) is 0 Å². The lowest BCUT2D eigenvalue weighted by atomic mass is 10.0. The Bertz CT molecular complexity index is 168. The van der Waals surface area contributed by atoms with E-state index in [4.69, 9.17) is 0 Å². The van der Waals surface area contributed by atoms with Gasteiger partial charge in [0.05, 0.1) is 5.60 Å². The molecule has 1 fully saturated rings. The van der Waals surface area contributed by atoms with Crippen LogP contribution in [0.2, 0.25) is 0 Å². The molecule has 2 nitrogen and oxygen atoms in total. The molecule has 14 heavy (non-hydrogen) atoms. The molecule has 2 heteroatoms. The summed E-state index contributed by atoms with van der Waals surface area (Å²) in [6, 6.07) is 0.651. The number of aliphatic hydroxyl groups is 1. The summed E-state index contributed by atoms with van der Waals surface area (Å²) in [4.78, 5) is 0. The summed E-state index contributed by atoms with van der Waals surface area (Å²) >= 11 is 0. The first-order valence-electron chi connectivity index (χ1n) is 6.03. The van der Waals surface area contributed by atoms with Crippen molar-refractivity contribution in [2.45, 2.75) is 64.5 Å². The maximum absolute atomic E-state index is 9.84. The van der Waals surface area contributed by atoms with Crippen LogP contribution in [0.1, 0.15) is 52.9 Å². The van der Waals surface area contributed by atoms with Gasteiger partial charge < -0.3 is 10.4 Å². The largest absolute Gasteiger partial charge is 0.389 e. The van der Waals surface area contributed by atoms with Gasteiger partial charge in [0.15, 0.2) is 0 Å². The van der Waals surface area contributed by atoms with Crippen molar-refractivity contribution in [1.82, 2.24) is 5.32 Å². The van der Waals surface area contributed by atoms with E-state index >= 15 is 0 Å². The maximum Gasteiger partial charge on any atom is 0.0741 e. The predicted octanol–water partition coefficient (Wildman–Crippen LogP) is 2.32. The first-order valence-corrected chi connectivity index (χ1v) is 6.03. The van der Waals surface area contributed by atoms with Crippen LogP contribution in [0.15, 0.2) is 0 Å². The molecule has 0 radical (unpaired) electrons. The van der Waals surface area contributed by atoms with Gasteiger partial charge in [-0.3, -0.25) is 0 Å². The van der Waals surface area contributed by atoms with Crippen LogP contribution in [-0.4, -0.2) is 23.3 Å². The SMILES string of the molecule is CCC1CCC(NCC(C)(O)CC)C1. The van der Waals surface area contributed by atoms with E-state index in [0.29, 0.717) is 6.04 Å². The average molecular weight is 199 g/mol. The van der Waals surface area contributed by atoms with Gasteiger partial charge in [-0.05, 0) is 38.5 Å². The van der Waals surface area contributed by atoms with Crippen molar-refractivity contribution in [3.63, 3.8) is 0 Å². The third-order valence-corrected chi connectivity index (χ3v) is 3.65. The number of nitrogens with one attached hydrogen (secondary N) is 1. The van der Waals surface area contributed by atoms with Crippen LogP contribution in [0, 0.1) is 5.92 Å². The first kappa shape index (κ1) is 12.0. The lowest BCUT2D eigenvalue weighted by molar-refractivity contribution is 0.0529. The molecule has 0 aromatic rings. The molecule has 84 valence electrons. The molecule has 1 aliphatic rings. The highest BCUT2D eigenvalue weighted by atomic mass is 16.3. The Morgan fingerprint density at radius 3 is 2.57 bits per heavy atom. The van der Waals surface area contributed by atoms with E-state index in [9.17, 15) is 5.11 Å². The van der Waals surface area contributed by atoms with E-state index in [1.807, 2.05) is 13.8 Å². The molecule has 3 atom stereocenters. The van der Waals surface area contributed by atoms with Gasteiger partial charge in [-0.15, -0.1) is 0 Å². The van der Waals surface area contributed by atoms with E-state index in [1.54, 1.807) is 0 Å². The minimum Gasteiger partial charge on any atom is -0.389 e. The fourth-order valence-corrected chi connectivity index (χ4v) is 2.12. The van der Waals surface area contributed by atoms with Crippen molar-refractivity contribution in [2.24, 2.45) is 5.92 Å². The Morgan fingerprint density at radius 2 is 2.07 bits per heavy atom. The van der Waals surface area contributed by atoms with E-state index in [0.717, 1.165) is 18.9 Å². The lowest BCUT2D eigenvalue weighted by Crippen LogP contribution is -2.41. The zero-order chi connectivity index (χ0) is 10.6. The average Bonchev–Trinajstić information content (AvgIpc) is 2.63. The van der Waals surface area contributed by atoms with Gasteiger partial charge in [0, 0.05) is 12.6 Å². The fourth-order valence-electron chi connectivity index (χ4n) is 2.12. The first-order chi connectivity index (χ1) is 6.57. The third kappa shape index (κ3) is 3.58. The molecule has 0 amide bonds. The summed E-state index contributed by atoms with van der Waals surface area (Å²) in [5.41, 5.74) is -0.524. The van der Waals surface area contributed by atoms with Crippen LogP contribution in [0.25, 0.3) is 0 Å². The molecule has 1 rings (SSSR count). The third-order valence-electron chi connectivity index (χ3n) is 3.65. The van der Waals surface area contributed by atoms with E-state index in [2.05, 4.69) is 12.2 Å². The molecule has 0 aromatic heterocycles. The quantitative estimate of drug-likeness (QED) is 0.712. The topological polar surface area (TPSA) is 32.3 Å². The Labute approximate surface area is 88.1 Å². The summed E-state index contributed by atoms with van der Waals surface area (Å²) < 4.78 is 0. The summed E-state index contributed by atoms with van der Waals surface area (Å²) in [6.07, 6.45) is 6.09. The highest BCUT2D eigenvalue weighted by Crippen LogP contribution is 2.28. The van der Waals surface area contributed by atoms with E-state index in [-0.39, 0.29) is 0 Å². The summed E-state index contributed by atoms with van der Waals surface area (Å²) in [5, 5.41) is 13.3. The second-order valence-corrected chi connectivity index (χ2v) is 5.02. The zero-order valence-electron chi connectivity index (χ0n) is 9.84. The molecular formula is C12H25NO. The molecule has 0 bridgehead atoms. The number of hydrogen-bond donors (Lipinski definition) is 2. The minimum atomic E-state index is -0.524. The second kappa shape index (κ2) is 5.13. The molecule has 0 aliphatic heterocycles. The number of hydrogen-bond acceptors (Lipinski definition) is 2. The van der Waals surface area contributed by atoms with Gasteiger partial charge in [0.2, 0.25) is 0 Å². The van der Waals surface area contributed by atoms with Crippen LogP contribution >= 0.6 is 0 Å². The van der Waals surface area contributed by atoms with Crippen molar-refractivity contribution in [3.8, 4) is 0 Å². The van der Waals surface area contributed by atoms with Gasteiger partial charge in [0.1, 0.15) is 0 Å². The van der Waals surface area contributed by atoms with E-state index in [1.165, 1.54) is 25.7 Å². The highest BCUT2D eigenvalue weighted by molar-refractivity contribution is 4.83. The molecule has 1 aliphatic carbocycles. The van der Waals surface area contributed by atoms with Crippen molar-refractivity contribution in [1.29, 1.82) is 0 Å². The highest BCUT2D eigenvalue weighted by Gasteiger charge is 2.25. The lowest BCUT2D eigenvalue weighted by Gasteiger charge is -2.24. The van der Waals surface area contributed by atoms with Gasteiger partial charge in [-0.2, -0.15) is 0 Å². The molecule has 0 aromatic carbocycles. The summed E-state index contributed by atoms with van der Waals surface area (Å²) in [5.74, 6) is 0.916. The van der Waals surface area contributed by atoms with Gasteiger partial charge >= 0.3 is 0 Å². The van der Waals surface area contributed by atoms with Crippen LogP contribution < -0.4 is 5.32 Å². The van der Waals surface area contributed by atoms with Crippen molar-refractivity contribution in [2.75, 3.05) is 6.54 Å². The Hall–Kier alpha value is -0.0800. The predicted molar refractivity (Wildman–Crippen MR) is 60.3 cm³/mol. The number of rotatable bonds is 5. The van der Waals surface area contributed by atoms with Crippen LogP contribution in [0.5, 0.6) is 0 Å². The molecule has 0 saturated heterocycles. The standard InChI is InChI=1S/C12H25NO/c1-4-10-6-7-11(8-10)13-9-12(3,14)5-2/h10-11,13-14H,4-9H2,1-3H3. The smallest absolute Gasteiger partial charge is 0.0741 e. The normalized spacial score (nSPS) is 31.7. The fraction of sp³-hybridized carbons (Fsp3) is 1.00. The molecule has 2 N–H and O–H groups in total. The second-order valence-electron chi connectivity index (χ2n) is 5.02. The molecule has 1 saturated carbocycles. The van der Waals surface area contributed by atoms with Crippen molar-refractivity contribution >= 4 is 0 Å². The van der Waals surface area contributed by atoms with Crippen LogP contribution in [-0.2, 0) is 0 Å². The molecule has 0 spiro atoms. The summed E-state index contributed by atoms with van der Waals surface area (Å²) in [6.45, 7) is 6.96. The maximum atomic E-state index is 9.84. The monoisotopic (exact) mass is 199 g/mol. The van der Waals surface area contributed by atoms with Crippen molar-refractivity contribution in [3.05, 3.63) is 0 Å². The minimum absolute atomic E-state index is 0.524.